The highest BCUT2D eigenvalue weighted by Crippen LogP contribution is 2.50. The van der Waals surface area contributed by atoms with Crippen LogP contribution in [0.2, 0.25) is 0 Å². The molecule has 3 aromatic rings. The van der Waals surface area contributed by atoms with Gasteiger partial charge in [0, 0.05) is 18.2 Å². The molecule has 190 valence electrons. The molecule has 9 heteroatoms. The van der Waals surface area contributed by atoms with Crippen LogP contribution in [0.3, 0.4) is 0 Å². The number of aromatic nitrogens is 2. The van der Waals surface area contributed by atoms with Crippen LogP contribution in [0.15, 0.2) is 76.4 Å². The van der Waals surface area contributed by atoms with E-state index in [4.69, 9.17) is 18.9 Å². The number of rotatable bonds is 9. The summed E-state index contributed by atoms with van der Waals surface area (Å²) >= 11 is 0. The number of H-pyrrole nitrogens is 1. The summed E-state index contributed by atoms with van der Waals surface area (Å²) in [6, 6.07) is 19.5. The van der Waals surface area contributed by atoms with Crippen molar-refractivity contribution in [1.29, 1.82) is 0 Å². The second-order valence-electron chi connectivity index (χ2n) is 9.29. The second kappa shape index (κ2) is 10.5. The summed E-state index contributed by atoms with van der Waals surface area (Å²) in [5.74, 6) is 0. The lowest BCUT2D eigenvalue weighted by molar-refractivity contribution is -0.134. The van der Waals surface area contributed by atoms with E-state index in [0.29, 0.717) is 25.2 Å². The number of ether oxygens (including phenoxy) is 4. The summed E-state index contributed by atoms with van der Waals surface area (Å²) in [6.45, 7) is 2.29. The number of fused-ring (bicyclic) bond motifs is 1. The van der Waals surface area contributed by atoms with Gasteiger partial charge in [0.25, 0.3) is 5.56 Å². The molecule has 0 bridgehead atoms. The van der Waals surface area contributed by atoms with E-state index in [2.05, 4.69) is 4.98 Å². The van der Waals surface area contributed by atoms with E-state index >= 15 is 0 Å². The lowest BCUT2D eigenvalue weighted by Crippen LogP contribution is -2.49. The maximum Gasteiger partial charge on any atom is 0.330 e. The van der Waals surface area contributed by atoms with Gasteiger partial charge >= 0.3 is 5.69 Å². The van der Waals surface area contributed by atoms with Crippen molar-refractivity contribution >= 4 is 0 Å². The molecule has 0 unspecified atom stereocenters. The Morgan fingerprint density at radius 1 is 1.03 bits per heavy atom. The van der Waals surface area contributed by atoms with Crippen LogP contribution in [-0.4, -0.2) is 51.8 Å². The fourth-order valence-corrected chi connectivity index (χ4v) is 4.98. The van der Waals surface area contributed by atoms with E-state index in [0.717, 1.165) is 11.1 Å². The summed E-state index contributed by atoms with van der Waals surface area (Å²) in [5, 5.41) is 9.96. The first-order chi connectivity index (χ1) is 17.5. The highest BCUT2D eigenvalue weighted by molar-refractivity contribution is 5.17. The van der Waals surface area contributed by atoms with Gasteiger partial charge < -0.3 is 24.1 Å². The molecular weight excluding hydrogens is 464 g/mol. The molecule has 0 amide bonds. The van der Waals surface area contributed by atoms with Crippen molar-refractivity contribution < 1.29 is 24.1 Å². The number of aryl methyl sites for hydroxylation is 1. The molecule has 0 spiro atoms. The van der Waals surface area contributed by atoms with E-state index < -0.39 is 41.4 Å². The van der Waals surface area contributed by atoms with Crippen molar-refractivity contribution in [3.05, 3.63) is 104 Å². The van der Waals surface area contributed by atoms with Crippen LogP contribution >= 0.6 is 0 Å². The Labute approximate surface area is 208 Å². The maximum atomic E-state index is 12.8. The third kappa shape index (κ3) is 4.80. The first-order valence-corrected chi connectivity index (χ1v) is 12.0. The molecule has 0 saturated carbocycles. The van der Waals surface area contributed by atoms with Crippen molar-refractivity contribution in [3.63, 3.8) is 0 Å². The van der Waals surface area contributed by atoms with Crippen molar-refractivity contribution in [2.75, 3.05) is 13.2 Å². The summed E-state index contributed by atoms with van der Waals surface area (Å²) in [5.41, 5.74) is 0.329. The first-order valence-electron chi connectivity index (χ1n) is 12.0. The topological polar surface area (TPSA) is 112 Å². The lowest BCUT2D eigenvalue weighted by Gasteiger charge is -2.32. The van der Waals surface area contributed by atoms with Crippen molar-refractivity contribution in [3.8, 4) is 0 Å². The fourth-order valence-electron chi connectivity index (χ4n) is 4.98. The molecule has 9 nitrogen and oxygen atoms in total. The van der Waals surface area contributed by atoms with Crippen molar-refractivity contribution in [1.82, 2.24) is 9.55 Å². The Kier molecular flexibility index (Phi) is 7.17. The number of nitrogens with zero attached hydrogens (tertiary/aromatic N) is 1. The van der Waals surface area contributed by atoms with Crippen molar-refractivity contribution in [2.45, 2.75) is 56.7 Å². The number of hydrogen-bond acceptors (Lipinski definition) is 7. The monoisotopic (exact) mass is 494 g/mol. The third-order valence-electron chi connectivity index (χ3n) is 6.83. The Bertz CT molecular complexity index is 1280. The van der Waals surface area contributed by atoms with Crippen LogP contribution in [0.4, 0.5) is 0 Å². The summed E-state index contributed by atoms with van der Waals surface area (Å²) in [6.07, 6.45) is -0.814. The number of aliphatic hydroxyl groups is 1. The van der Waals surface area contributed by atoms with Gasteiger partial charge in [0.05, 0.1) is 32.5 Å². The largest absolute Gasteiger partial charge is 0.394 e. The zero-order valence-corrected chi connectivity index (χ0v) is 20.0. The molecule has 2 saturated heterocycles. The summed E-state index contributed by atoms with van der Waals surface area (Å²) < 4.78 is 26.5. The minimum absolute atomic E-state index is 0.190. The number of hydrogen-bond donors (Lipinski definition) is 2. The molecule has 0 aliphatic carbocycles. The van der Waals surface area contributed by atoms with Gasteiger partial charge in [-0.05, 0) is 18.1 Å². The fraction of sp³-hybridized carbons (Fsp3) is 0.407. The van der Waals surface area contributed by atoms with Gasteiger partial charge in [-0.3, -0.25) is 14.3 Å². The van der Waals surface area contributed by atoms with Crippen LogP contribution in [0.5, 0.6) is 0 Å². The predicted octanol–water partition coefficient (Wildman–Crippen LogP) is 2.06. The molecule has 5 rings (SSSR count). The quantitative estimate of drug-likeness (QED) is 0.468. The van der Waals surface area contributed by atoms with Gasteiger partial charge in [0.15, 0.2) is 6.23 Å². The number of benzene rings is 2. The van der Waals surface area contributed by atoms with E-state index in [1.54, 1.807) is 6.92 Å². The molecule has 0 radical (unpaired) electrons. The van der Waals surface area contributed by atoms with E-state index in [1.807, 2.05) is 60.7 Å². The number of aliphatic hydroxyl groups excluding tert-OH is 1. The molecule has 36 heavy (non-hydrogen) atoms. The normalized spacial score (nSPS) is 27.3. The van der Waals surface area contributed by atoms with Crippen LogP contribution in [0.1, 0.15) is 29.3 Å². The number of aromatic amines is 1. The van der Waals surface area contributed by atoms with Gasteiger partial charge in [-0.2, -0.15) is 0 Å². The Hall–Kier alpha value is -3.08. The van der Waals surface area contributed by atoms with Crippen LogP contribution in [0.25, 0.3) is 0 Å². The Balaban J connectivity index is 1.47. The smallest absolute Gasteiger partial charge is 0.330 e. The van der Waals surface area contributed by atoms with E-state index in [9.17, 15) is 14.7 Å². The molecule has 2 N–H and O–H groups in total. The lowest BCUT2D eigenvalue weighted by atomic mass is 9.89. The zero-order chi connectivity index (χ0) is 25.1. The Morgan fingerprint density at radius 2 is 1.69 bits per heavy atom. The van der Waals surface area contributed by atoms with Gasteiger partial charge in [-0.15, -0.1) is 0 Å². The second-order valence-corrected chi connectivity index (χ2v) is 9.29. The molecule has 2 aliphatic heterocycles. The molecule has 2 aromatic carbocycles. The van der Waals surface area contributed by atoms with E-state index in [1.165, 1.54) is 10.8 Å². The Morgan fingerprint density at radius 3 is 2.36 bits per heavy atom. The molecule has 2 fully saturated rings. The van der Waals surface area contributed by atoms with Gasteiger partial charge in [-0.1, -0.05) is 60.7 Å². The summed E-state index contributed by atoms with van der Waals surface area (Å²) in [7, 11) is 0. The minimum Gasteiger partial charge on any atom is -0.394 e. The third-order valence-corrected chi connectivity index (χ3v) is 6.83. The molecular formula is C27H30N2O7. The average Bonchev–Trinajstić information content (AvgIpc) is 3.41. The predicted molar refractivity (Wildman–Crippen MR) is 130 cm³/mol. The molecule has 1 aromatic heterocycles. The summed E-state index contributed by atoms with van der Waals surface area (Å²) in [4.78, 5) is 27.1. The highest BCUT2D eigenvalue weighted by Gasteiger charge is 2.64. The first kappa shape index (κ1) is 24.6. The zero-order valence-electron chi connectivity index (χ0n) is 20.0. The average molecular weight is 495 g/mol. The van der Waals surface area contributed by atoms with Gasteiger partial charge in [-0.25, -0.2) is 4.79 Å². The van der Waals surface area contributed by atoms with Gasteiger partial charge in [0.2, 0.25) is 0 Å². The van der Waals surface area contributed by atoms with Crippen LogP contribution in [-0.2, 0) is 32.2 Å². The van der Waals surface area contributed by atoms with Crippen LogP contribution < -0.4 is 11.2 Å². The van der Waals surface area contributed by atoms with Crippen molar-refractivity contribution in [2.24, 2.45) is 0 Å². The standard InChI is InChI=1S/C27H30N2O7/c1-18-13-29(26(32)28-24(18)31)25-23-27(12-21(14-30)35-23,34-16-20-10-6-3-7-11-20)22(36-25)17-33-15-19-8-4-2-5-9-19/h2-11,13,21-23,25,30H,12,14-17H2,1H3,(H,28,31,32)/t21-,22-,23-,25-,27-/m1/s1. The maximum absolute atomic E-state index is 12.8. The van der Waals surface area contributed by atoms with Gasteiger partial charge in [0.1, 0.15) is 17.8 Å². The molecule has 5 atom stereocenters. The molecule has 2 aliphatic rings. The minimum atomic E-state index is -0.978. The van der Waals surface area contributed by atoms with Crippen LogP contribution in [0, 0.1) is 6.92 Å². The van der Waals surface area contributed by atoms with E-state index in [-0.39, 0.29) is 13.2 Å². The molecule has 3 heterocycles. The SMILES string of the molecule is Cc1cn([C@@H]2O[C@H](COCc3ccccc3)[C@]3(OCc4ccccc4)C[C@H](CO)O[C@H]23)c(=O)[nH]c1=O. The number of nitrogens with one attached hydrogen (secondary N) is 1. The highest BCUT2D eigenvalue weighted by atomic mass is 16.7.